The molecule has 0 saturated heterocycles. The molecule has 74 valence electrons. The number of hydrogen-bond donors (Lipinski definition) is 1. The van der Waals surface area contributed by atoms with Crippen LogP contribution in [0.4, 0.5) is 11.4 Å². The summed E-state index contributed by atoms with van der Waals surface area (Å²) in [6, 6.07) is 4.22. The third kappa shape index (κ3) is 2.20. The Morgan fingerprint density at radius 2 is 2.21 bits per heavy atom. The monoisotopic (exact) mass is 214 g/mol. The zero-order valence-corrected chi connectivity index (χ0v) is 8.04. The topological polar surface area (TPSA) is 72.2 Å². The molecule has 0 aromatic heterocycles. The highest BCUT2D eigenvalue weighted by Crippen LogP contribution is 2.31. The van der Waals surface area contributed by atoms with E-state index in [1.807, 2.05) is 0 Å². The van der Waals surface area contributed by atoms with Gasteiger partial charge in [-0.15, -0.1) is 0 Å². The third-order valence-electron chi connectivity index (χ3n) is 1.49. The molecule has 0 heterocycles. The van der Waals surface area contributed by atoms with Gasteiger partial charge in [0.05, 0.1) is 10.6 Å². The molecule has 5 nitrogen and oxygen atoms in total. The number of halogens is 1. The van der Waals surface area contributed by atoms with E-state index in [1.54, 1.807) is 0 Å². The second kappa shape index (κ2) is 4.06. The minimum absolute atomic E-state index is 0.0623. The van der Waals surface area contributed by atoms with Gasteiger partial charge in [-0.1, -0.05) is 17.7 Å². The predicted octanol–water partition coefficient (Wildman–Crippen LogP) is 2.21. The van der Waals surface area contributed by atoms with Crippen molar-refractivity contribution in [2.24, 2.45) is 0 Å². The average Bonchev–Trinajstić information content (AvgIpc) is 2.07. The van der Waals surface area contributed by atoms with Gasteiger partial charge in [-0.3, -0.25) is 14.9 Å². The number of amides is 1. The quantitative estimate of drug-likeness (QED) is 0.606. The Morgan fingerprint density at radius 3 is 2.71 bits per heavy atom. The second-order valence-corrected chi connectivity index (χ2v) is 2.95. The van der Waals surface area contributed by atoms with Crippen LogP contribution >= 0.6 is 11.6 Å². The smallest absolute Gasteiger partial charge is 0.290 e. The number of hydrogen-bond acceptors (Lipinski definition) is 3. The molecule has 6 heteroatoms. The molecule has 0 atom stereocenters. The molecule has 1 rings (SSSR count). The lowest BCUT2D eigenvalue weighted by molar-refractivity contribution is -0.384. The number of benzene rings is 1. The molecule has 1 aromatic rings. The Hall–Kier alpha value is -1.62. The van der Waals surface area contributed by atoms with Gasteiger partial charge in [-0.05, 0) is 6.07 Å². The lowest BCUT2D eigenvalue weighted by Gasteiger charge is -2.03. The van der Waals surface area contributed by atoms with Crippen molar-refractivity contribution >= 4 is 28.9 Å². The normalized spacial score (nSPS) is 9.57. The fraction of sp³-hybridized carbons (Fsp3) is 0.125. The molecule has 0 unspecified atom stereocenters. The summed E-state index contributed by atoms with van der Waals surface area (Å²) in [4.78, 5) is 20.6. The van der Waals surface area contributed by atoms with Crippen LogP contribution in [0.25, 0.3) is 0 Å². The molecule has 14 heavy (non-hydrogen) atoms. The van der Waals surface area contributed by atoms with Crippen LogP contribution in [0.15, 0.2) is 18.2 Å². The van der Waals surface area contributed by atoms with Crippen LogP contribution in [0.3, 0.4) is 0 Å². The Labute approximate surface area is 84.8 Å². The van der Waals surface area contributed by atoms with Gasteiger partial charge in [0.1, 0.15) is 5.02 Å². The minimum atomic E-state index is -0.604. The highest BCUT2D eigenvalue weighted by Gasteiger charge is 2.15. The van der Waals surface area contributed by atoms with Crippen LogP contribution in [-0.2, 0) is 4.79 Å². The summed E-state index contributed by atoms with van der Waals surface area (Å²) < 4.78 is 0. The molecule has 0 aliphatic rings. The Bertz CT molecular complexity index is 392. The van der Waals surface area contributed by atoms with Crippen LogP contribution in [-0.4, -0.2) is 10.8 Å². The van der Waals surface area contributed by atoms with E-state index in [4.69, 9.17) is 11.6 Å². The van der Waals surface area contributed by atoms with Crippen molar-refractivity contribution in [2.45, 2.75) is 6.92 Å². The summed E-state index contributed by atoms with van der Waals surface area (Å²) in [7, 11) is 0. The maximum absolute atomic E-state index is 10.7. The molecular weight excluding hydrogens is 208 g/mol. The van der Waals surface area contributed by atoms with Crippen LogP contribution in [0.5, 0.6) is 0 Å². The Morgan fingerprint density at radius 1 is 1.57 bits per heavy atom. The minimum Gasteiger partial charge on any atom is -0.325 e. The van der Waals surface area contributed by atoms with Crippen molar-refractivity contribution in [3.63, 3.8) is 0 Å². The first-order valence-electron chi connectivity index (χ1n) is 3.73. The molecular formula is C8H7ClN2O3. The van der Waals surface area contributed by atoms with E-state index in [0.29, 0.717) is 0 Å². The summed E-state index contributed by atoms with van der Waals surface area (Å²) in [6.45, 7) is 1.30. The molecule has 0 spiro atoms. The first-order chi connectivity index (χ1) is 6.52. The van der Waals surface area contributed by atoms with Gasteiger partial charge in [0.25, 0.3) is 5.69 Å². The number of nitro benzene ring substituents is 1. The average molecular weight is 215 g/mol. The van der Waals surface area contributed by atoms with Gasteiger partial charge in [-0.2, -0.15) is 0 Å². The summed E-state index contributed by atoms with van der Waals surface area (Å²) in [5.41, 5.74) is 0.0197. The van der Waals surface area contributed by atoms with Gasteiger partial charge in [0.15, 0.2) is 0 Å². The van der Waals surface area contributed by atoms with E-state index in [-0.39, 0.29) is 22.3 Å². The number of carbonyl (C=O) groups excluding carboxylic acids is 1. The van der Waals surface area contributed by atoms with Gasteiger partial charge in [0, 0.05) is 13.0 Å². The van der Waals surface area contributed by atoms with Gasteiger partial charge in [-0.25, -0.2) is 0 Å². The molecule has 1 amide bonds. The van der Waals surface area contributed by atoms with E-state index in [1.165, 1.54) is 25.1 Å². The first-order valence-corrected chi connectivity index (χ1v) is 4.10. The maximum Gasteiger partial charge on any atom is 0.290 e. The fourth-order valence-electron chi connectivity index (χ4n) is 0.947. The van der Waals surface area contributed by atoms with Crippen molar-refractivity contribution in [3.05, 3.63) is 33.3 Å². The highest BCUT2D eigenvalue weighted by atomic mass is 35.5. The Balaban J connectivity index is 3.13. The van der Waals surface area contributed by atoms with Crippen molar-refractivity contribution in [2.75, 3.05) is 5.32 Å². The van der Waals surface area contributed by atoms with Gasteiger partial charge < -0.3 is 5.32 Å². The number of carbonyl (C=O) groups is 1. The summed E-state index contributed by atoms with van der Waals surface area (Å²) >= 11 is 5.69. The molecule has 0 radical (unpaired) electrons. The van der Waals surface area contributed by atoms with Crippen molar-refractivity contribution in [3.8, 4) is 0 Å². The molecule has 1 N–H and O–H groups in total. The number of nitrogens with one attached hydrogen (secondary N) is 1. The van der Waals surface area contributed by atoms with E-state index in [2.05, 4.69) is 5.32 Å². The predicted molar refractivity (Wildman–Crippen MR) is 52.4 cm³/mol. The zero-order chi connectivity index (χ0) is 10.7. The van der Waals surface area contributed by atoms with Crippen LogP contribution in [0, 0.1) is 10.1 Å². The Kier molecular flexibility index (Phi) is 3.03. The zero-order valence-electron chi connectivity index (χ0n) is 7.28. The lowest BCUT2D eigenvalue weighted by Crippen LogP contribution is -2.06. The second-order valence-electron chi connectivity index (χ2n) is 2.58. The lowest BCUT2D eigenvalue weighted by atomic mass is 10.3. The van der Waals surface area contributed by atoms with Crippen molar-refractivity contribution in [1.29, 1.82) is 0 Å². The van der Waals surface area contributed by atoms with E-state index in [9.17, 15) is 14.9 Å². The molecule has 0 saturated carbocycles. The van der Waals surface area contributed by atoms with Crippen molar-refractivity contribution < 1.29 is 9.72 Å². The third-order valence-corrected chi connectivity index (χ3v) is 1.88. The largest absolute Gasteiger partial charge is 0.325 e. The number of nitro groups is 1. The number of rotatable bonds is 2. The van der Waals surface area contributed by atoms with Crippen LogP contribution < -0.4 is 5.32 Å². The summed E-state index contributed by atoms with van der Waals surface area (Å²) in [5.74, 6) is -0.326. The number of anilines is 1. The standard InChI is InChI=1S/C8H7ClN2O3/c1-5(12)10-6-3-2-4-7(8(6)9)11(13)14/h2-4H,1H3,(H,10,12). The number of nitrogens with zero attached hydrogens (tertiary/aromatic N) is 1. The van der Waals surface area contributed by atoms with Crippen molar-refractivity contribution in [1.82, 2.24) is 0 Å². The van der Waals surface area contributed by atoms with Crippen LogP contribution in [0.1, 0.15) is 6.92 Å². The van der Waals surface area contributed by atoms with E-state index in [0.717, 1.165) is 0 Å². The SMILES string of the molecule is CC(=O)Nc1cccc([N+](=O)[O-])c1Cl. The highest BCUT2D eigenvalue weighted by molar-refractivity contribution is 6.35. The molecule has 1 aromatic carbocycles. The van der Waals surface area contributed by atoms with E-state index >= 15 is 0 Å². The fourth-order valence-corrected chi connectivity index (χ4v) is 1.19. The molecule has 0 fully saturated rings. The molecule has 0 bridgehead atoms. The summed E-state index contributed by atoms with van der Waals surface area (Å²) in [5, 5.41) is 12.8. The maximum atomic E-state index is 10.7. The van der Waals surface area contributed by atoms with Crippen LogP contribution in [0.2, 0.25) is 5.02 Å². The first kappa shape index (κ1) is 10.5. The molecule has 0 aliphatic heterocycles. The summed E-state index contributed by atoms with van der Waals surface area (Å²) in [6.07, 6.45) is 0. The van der Waals surface area contributed by atoms with Gasteiger partial charge in [0.2, 0.25) is 5.91 Å². The molecule has 0 aliphatic carbocycles. The van der Waals surface area contributed by atoms with E-state index < -0.39 is 4.92 Å². The van der Waals surface area contributed by atoms with Gasteiger partial charge >= 0.3 is 0 Å².